The van der Waals surface area contributed by atoms with E-state index in [2.05, 4.69) is 72.7 Å². The molecule has 0 spiro atoms. The summed E-state index contributed by atoms with van der Waals surface area (Å²) in [7, 11) is 0. The number of ether oxygens (including phenoxy) is 1. The van der Waals surface area contributed by atoms with Crippen molar-refractivity contribution in [3.05, 3.63) is 105 Å². The number of aryl methyl sites for hydroxylation is 2. The van der Waals surface area contributed by atoms with E-state index in [4.69, 9.17) is 4.74 Å². The first-order valence-electron chi connectivity index (χ1n) is 15.4. The zero-order chi connectivity index (χ0) is 29.2. The Morgan fingerprint density at radius 1 is 0.952 bits per heavy atom. The van der Waals surface area contributed by atoms with Crippen molar-refractivity contribution in [1.82, 2.24) is 15.5 Å². The first-order valence-corrected chi connectivity index (χ1v) is 15.4. The number of fused-ring (bicyclic) bond motifs is 2. The Hall–Kier alpha value is -3.48. The molecule has 3 aliphatic rings. The van der Waals surface area contributed by atoms with Crippen LogP contribution in [0.5, 0.6) is 5.75 Å². The fourth-order valence-electron chi connectivity index (χ4n) is 6.43. The van der Waals surface area contributed by atoms with E-state index in [1.54, 1.807) is 0 Å². The quantitative estimate of drug-likeness (QED) is 0.330. The number of rotatable bonds is 10. The van der Waals surface area contributed by atoms with Gasteiger partial charge in [-0.15, -0.1) is 0 Å². The average molecular weight is 568 g/mol. The van der Waals surface area contributed by atoms with Gasteiger partial charge in [0.15, 0.2) is 0 Å². The van der Waals surface area contributed by atoms with Gasteiger partial charge in [0, 0.05) is 43.7 Å². The molecule has 6 rings (SSSR count). The molecule has 0 aromatic heterocycles. The van der Waals surface area contributed by atoms with Crippen LogP contribution in [0.4, 0.5) is 4.39 Å². The lowest BCUT2D eigenvalue weighted by Crippen LogP contribution is -2.60. The molecule has 2 aliphatic heterocycles. The molecule has 1 unspecified atom stereocenters. The molecule has 2 heterocycles. The molecule has 1 saturated heterocycles. The predicted molar refractivity (Wildman–Crippen MR) is 166 cm³/mol. The minimum Gasteiger partial charge on any atom is -0.493 e. The van der Waals surface area contributed by atoms with E-state index in [0.717, 1.165) is 67.6 Å². The number of hydrogen-bond donors (Lipinski definition) is 2. The Bertz CT molecular complexity index is 1460. The second-order valence-corrected chi connectivity index (χ2v) is 12.3. The zero-order valence-corrected chi connectivity index (χ0v) is 25.0. The third-order valence-corrected chi connectivity index (χ3v) is 9.05. The Morgan fingerprint density at radius 2 is 1.67 bits per heavy atom. The Balaban J connectivity index is 1.20. The molecule has 1 saturated carbocycles. The second-order valence-electron chi connectivity index (χ2n) is 12.3. The van der Waals surface area contributed by atoms with Gasteiger partial charge in [-0.1, -0.05) is 42.5 Å². The van der Waals surface area contributed by atoms with E-state index in [1.165, 1.54) is 40.0 Å². The smallest absolute Gasteiger partial charge is 0.251 e. The monoisotopic (exact) mass is 567 g/mol. The van der Waals surface area contributed by atoms with E-state index < -0.39 is 0 Å². The molecule has 0 radical (unpaired) electrons. The highest BCUT2D eigenvalue weighted by molar-refractivity contribution is 6.03. The van der Waals surface area contributed by atoms with Crippen LogP contribution >= 0.6 is 0 Å². The number of benzene rings is 3. The van der Waals surface area contributed by atoms with Crippen molar-refractivity contribution in [2.75, 3.05) is 26.2 Å². The lowest BCUT2D eigenvalue weighted by atomic mass is 9.83. The number of nitrogens with one attached hydrogen (secondary N) is 2. The molecule has 220 valence electrons. The second kappa shape index (κ2) is 12.4. The van der Waals surface area contributed by atoms with Gasteiger partial charge in [0.25, 0.3) is 5.91 Å². The number of carbonyl (C=O) groups is 1. The SMILES string of the molecule is Cc1cc(C)c(C)c(OCCc2ccc(C3=C(C(=O)N(CCc4ccc(F)cc4)C4CC4)[C@H]4CNCC(C3)N4)cc2)c1. The van der Waals surface area contributed by atoms with Crippen LogP contribution in [0.25, 0.3) is 5.57 Å². The number of amides is 1. The maximum Gasteiger partial charge on any atom is 0.251 e. The first kappa shape index (κ1) is 28.6. The van der Waals surface area contributed by atoms with Crippen molar-refractivity contribution in [1.29, 1.82) is 0 Å². The first-order chi connectivity index (χ1) is 20.4. The van der Waals surface area contributed by atoms with Crippen molar-refractivity contribution in [2.24, 2.45) is 0 Å². The maximum absolute atomic E-state index is 14.3. The summed E-state index contributed by atoms with van der Waals surface area (Å²) < 4.78 is 19.6. The van der Waals surface area contributed by atoms with Gasteiger partial charge < -0.3 is 20.3 Å². The summed E-state index contributed by atoms with van der Waals surface area (Å²) in [6.45, 7) is 9.28. The van der Waals surface area contributed by atoms with Crippen molar-refractivity contribution >= 4 is 11.5 Å². The Labute approximate surface area is 249 Å². The summed E-state index contributed by atoms with van der Waals surface area (Å²) in [6.07, 6.45) is 4.48. The summed E-state index contributed by atoms with van der Waals surface area (Å²) in [5.41, 5.74) is 9.17. The van der Waals surface area contributed by atoms with Crippen molar-refractivity contribution in [3.8, 4) is 5.75 Å². The molecule has 1 aliphatic carbocycles. The zero-order valence-electron chi connectivity index (χ0n) is 25.0. The van der Waals surface area contributed by atoms with Crippen LogP contribution < -0.4 is 15.4 Å². The van der Waals surface area contributed by atoms with Gasteiger partial charge in [-0.25, -0.2) is 4.39 Å². The Kier molecular flexibility index (Phi) is 8.45. The van der Waals surface area contributed by atoms with E-state index >= 15 is 0 Å². The van der Waals surface area contributed by atoms with Crippen molar-refractivity contribution in [2.45, 2.75) is 71.0 Å². The fraction of sp³-hybridized carbons (Fsp3) is 0.417. The number of nitrogens with zero attached hydrogens (tertiary/aromatic N) is 1. The minimum atomic E-state index is -0.230. The largest absolute Gasteiger partial charge is 0.493 e. The molecule has 3 aromatic carbocycles. The van der Waals surface area contributed by atoms with E-state index in [9.17, 15) is 9.18 Å². The molecule has 2 N–H and O–H groups in total. The van der Waals surface area contributed by atoms with Crippen LogP contribution in [0.2, 0.25) is 0 Å². The number of carbonyl (C=O) groups excluding carboxylic acids is 1. The van der Waals surface area contributed by atoms with E-state index in [-0.39, 0.29) is 17.8 Å². The minimum absolute atomic E-state index is 0.00109. The molecule has 2 bridgehead atoms. The number of piperazine rings is 1. The standard InChI is InChI=1S/C36H42FN3O2/c1-23-18-24(2)25(3)34(19-23)42-17-15-27-4-8-28(9-5-27)32-20-30-21-38-22-33(39-30)35(32)36(41)40(31-12-13-31)16-14-26-6-10-29(37)11-7-26/h4-11,18-19,30-31,33,38-39H,12-17,20-22H2,1-3H3/t30?,33-/m1/s1. The fourth-order valence-corrected chi connectivity index (χ4v) is 6.43. The normalized spacial score (nSPS) is 20.0. The lowest BCUT2D eigenvalue weighted by Gasteiger charge is -2.41. The molecule has 3 aromatic rings. The van der Waals surface area contributed by atoms with Gasteiger partial charge in [-0.05, 0) is 104 Å². The molecule has 42 heavy (non-hydrogen) atoms. The van der Waals surface area contributed by atoms with Gasteiger partial charge in [0.1, 0.15) is 11.6 Å². The molecular formula is C36H42FN3O2. The van der Waals surface area contributed by atoms with Gasteiger partial charge in [0.05, 0.1) is 12.6 Å². The maximum atomic E-state index is 14.3. The van der Waals surface area contributed by atoms with Crippen LogP contribution in [0.1, 0.15) is 52.6 Å². The Morgan fingerprint density at radius 3 is 2.40 bits per heavy atom. The highest BCUT2D eigenvalue weighted by Crippen LogP contribution is 2.36. The predicted octanol–water partition coefficient (Wildman–Crippen LogP) is 5.69. The van der Waals surface area contributed by atoms with Crippen LogP contribution in [0, 0.1) is 26.6 Å². The summed E-state index contributed by atoms with van der Waals surface area (Å²) >= 11 is 0. The summed E-state index contributed by atoms with van der Waals surface area (Å²) in [6, 6.07) is 20.3. The van der Waals surface area contributed by atoms with E-state index in [1.807, 2.05) is 12.1 Å². The van der Waals surface area contributed by atoms with Gasteiger partial charge in [0.2, 0.25) is 0 Å². The number of halogens is 1. The van der Waals surface area contributed by atoms with Crippen LogP contribution in [-0.4, -0.2) is 55.2 Å². The van der Waals surface area contributed by atoms with Gasteiger partial charge >= 0.3 is 0 Å². The average Bonchev–Trinajstić information content (AvgIpc) is 3.82. The molecule has 2 fully saturated rings. The van der Waals surface area contributed by atoms with Crippen LogP contribution in [0.3, 0.4) is 0 Å². The molecule has 2 atom stereocenters. The summed E-state index contributed by atoms with van der Waals surface area (Å²) in [5, 5.41) is 7.25. The molecule has 1 amide bonds. The molecule has 5 nitrogen and oxygen atoms in total. The topological polar surface area (TPSA) is 53.6 Å². The van der Waals surface area contributed by atoms with Crippen LogP contribution in [0.15, 0.2) is 66.2 Å². The highest BCUT2D eigenvalue weighted by Gasteiger charge is 2.40. The van der Waals surface area contributed by atoms with Gasteiger partial charge in [-0.3, -0.25) is 4.79 Å². The third kappa shape index (κ3) is 6.45. The van der Waals surface area contributed by atoms with E-state index in [0.29, 0.717) is 25.2 Å². The third-order valence-electron chi connectivity index (χ3n) is 9.05. The van der Waals surface area contributed by atoms with Crippen molar-refractivity contribution < 1.29 is 13.9 Å². The van der Waals surface area contributed by atoms with Gasteiger partial charge in [-0.2, -0.15) is 0 Å². The molecular weight excluding hydrogens is 525 g/mol. The summed E-state index contributed by atoms with van der Waals surface area (Å²) in [5.74, 6) is 0.883. The summed E-state index contributed by atoms with van der Waals surface area (Å²) in [4.78, 5) is 16.4. The molecule has 6 heteroatoms. The lowest BCUT2D eigenvalue weighted by molar-refractivity contribution is -0.128. The van der Waals surface area contributed by atoms with Crippen molar-refractivity contribution in [3.63, 3.8) is 0 Å². The number of hydrogen-bond acceptors (Lipinski definition) is 4. The highest BCUT2D eigenvalue weighted by atomic mass is 19.1. The van der Waals surface area contributed by atoms with Crippen LogP contribution in [-0.2, 0) is 17.6 Å².